The minimum Gasteiger partial charge on any atom is -0.408 e. The van der Waals surface area contributed by atoms with Crippen molar-refractivity contribution in [2.75, 3.05) is 18.4 Å². The molecule has 2 amide bonds. The summed E-state index contributed by atoms with van der Waals surface area (Å²) in [6.07, 6.45) is 1.81. The van der Waals surface area contributed by atoms with E-state index < -0.39 is 6.09 Å². The molecular formula is C23H26ClN3O3. The molecule has 0 fully saturated rings. The lowest BCUT2D eigenvalue weighted by molar-refractivity contribution is -0.115. The number of carbonyl (C=O) groups is 2. The molecule has 0 radical (unpaired) electrons. The molecule has 2 aromatic carbocycles. The van der Waals surface area contributed by atoms with Crippen molar-refractivity contribution in [1.82, 2.24) is 9.47 Å². The second-order valence-corrected chi connectivity index (χ2v) is 7.26. The molecule has 1 heterocycles. The maximum Gasteiger partial charge on any atom is 0.415 e. The van der Waals surface area contributed by atoms with Gasteiger partial charge in [0.15, 0.2) is 5.75 Å². The highest BCUT2D eigenvalue weighted by molar-refractivity contribution is 6.31. The van der Waals surface area contributed by atoms with E-state index in [-0.39, 0.29) is 5.91 Å². The molecule has 0 spiro atoms. The first-order chi connectivity index (χ1) is 14.5. The summed E-state index contributed by atoms with van der Waals surface area (Å²) in [6.45, 7) is 7.23. The van der Waals surface area contributed by atoms with Crippen LogP contribution in [0.15, 0.2) is 48.7 Å². The van der Waals surface area contributed by atoms with Gasteiger partial charge in [0.2, 0.25) is 5.91 Å². The molecule has 30 heavy (non-hydrogen) atoms. The van der Waals surface area contributed by atoms with Crippen LogP contribution in [-0.4, -0.2) is 34.6 Å². The molecule has 3 rings (SSSR count). The Morgan fingerprint density at radius 3 is 2.47 bits per heavy atom. The molecular weight excluding hydrogens is 402 g/mol. The van der Waals surface area contributed by atoms with E-state index >= 15 is 0 Å². The first-order valence-electron chi connectivity index (χ1n) is 10.1. The molecule has 0 unspecified atom stereocenters. The highest BCUT2D eigenvalue weighted by Crippen LogP contribution is 2.35. The highest BCUT2D eigenvalue weighted by atomic mass is 35.5. The Bertz CT molecular complexity index is 1060. The van der Waals surface area contributed by atoms with Crippen LogP contribution in [0, 0.1) is 0 Å². The van der Waals surface area contributed by atoms with Gasteiger partial charge in [-0.1, -0.05) is 36.7 Å². The fourth-order valence-electron chi connectivity index (χ4n) is 3.28. The third-order valence-electron chi connectivity index (χ3n) is 5.02. The third kappa shape index (κ3) is 4.60. The van der Waals surface area contributed by atoms with Crippen LogP contribution in [0.4, 0.5) is 10.5 Å². The van der Waals surface area contributed by atoms with E-state index in [0.717, 1.165) is 16.5 Å². The quantitative estimate of drug-likeness (QED) is 0.539. The van der Waals surface area contributed by atoms with Crippen LogP contribution in [0.5, 0.6) is 5.75 Å². The molecule has 0 bridgehead atoms. The van der Waals surface area contributed by atoms with Gasteiger partial charge in [-0.05, 0) is 43.7 Å². The van der Waals surface area contributed by atoms with E-state index in [4.69, 9.17) is 16.3 Å². The summed E-state index contributed by atoms with van der Waals surface area (Å²) in [4.78, 5) is 26.2. The van der Waals surface area contributed by atoms with Gasteiger partial charge in [-0.15, -0.1) is 0 Å². The number of benzene rings is 2. The Morgan fingerprint density at radius 2 is 1.80 bits per heavy atom. The van der Waals surface area contributed by atoms with E-state index in [1.165, 1.54) is 0 Å². The minimum absolute atomic E-state index is 0.151. The first kappa shape index (κ1) is 21.7. The van der Waals surface area contributed by atoms with Gasteiger partial charge >= 0.3 is 6.09 Å². The van der Waals surface area contributed by atoms with Gasteiger partial charge < -0.3 is 19.5 Å². The molecule has 0 atom stereocenters. The number of anilines is 1. The standard InChI is InChI=1S/C23H26ClN3O3/c1-4-21(28)25-22-17-13-14-27(15-16-9-7-8-10-18(16)24)19(17)11-12-20(22)30-23(29)26(5-2)6-3/h7-14H,4-6,15H2,1-3H3,(H,25,28). The number of nitrogens with one attached hydrogen (secondary N) is 1. The average molecular weight is 428 g/mol. The van der Waals surface area contributed by atoms with E-state index in [9.17, 15) is 9.59 Å². The Kier molecular flexibility index (Phi) is 7.00. The molecule has 0 saturated carbocycles. The van der Waals surface area contributed by atoms with Crippen molar-refractivity contribution in [1.29, 1.82) is 0 Å². The molecule has 0 aliphatic heterocycles. The lowest BCUT2D eigenvalue weighted by Gasteiger charge is -2.20. The normalized spacial score (nSPS) is 10.8. The van der Waals surface area contributed by atoms with Crippen molar-refractivity contribution >= 4 is 40.2 Å². The van der Waals surface area contributed by atoms with Gasteiger partial charge in [0.1, 0.15) is 0 Å². The molecule has 1 aromatic heterocycles. The molecule has 3 aromatic rings. The number of amides is 2. The number of ether oxygens (including phenoxy) is 1. The van der Waals surface area contributed by atoms with Gasteiger partial charge in [0, 0.05) is 42.7 Å². The number of hydrogen-bond donors (Lipinski definition) is 1. The van der Waals surface area contributed by atoms with Gasteiger partial charge in [0.25, 0.3) is 0 Å². The van der Waals surface area contributed by atoms with Crippen molar-refractivity contribution in [3.63, 3.8) is 0 Å². The maximum atomic E-state index is 12.5. The zero-order valence-electron chi connectivity index (χ0n) is 17.4. The lowest BCUT2D eigenvalue weighted by Crippen LogP contribution is -2.33. The number of halogens is 1. The Balaban J connectivity index is 2.01. The van der Waals surface area contributed by atoms with Gasteiger partial charge in [0.05, 0.1) is 11.2 Å². The van der Waals surface area contributed by atoms with Crippen LogP contribution in [-0.2, 0) is 11.3 Å². The van der Waals surface area contributed by atoms with Gasteiger partial charge in [-0.3, -0.25) is 4.79 Å². The molecule has 0 aliphatic carbocycles. The fourth-order valence-corrected chi connectivity index (χ4v) is 3.48. The number of aromatic nitrogens is 1. The molecule has 0 saturated heterocycles. The Hall–Kier alpha value is -2.99. The fraction of sp³-hybridized carbons (Fsp3) is 0.304. The van der Waals surface area contributed by atoms with E-state index in [0.29, 0.717) is 42.5 Å². The minimum atomic E-state index is -0.443. The van der Waals surface area contributed by atoms with Gasteiger partial charge in [-0.25, -0.2) is 4.79 Å². The summed E-state index contributed by atoms with van der Waals surface area (Å²) < 4.78 is 7.68. The highest BCUT2D eigenvalue weighted by Gasteiger charge is 2.19. The lowest BCUT2D eigenvalue weighted by atomic mass is 10.2. The summed E-state index contributed by atoms with van der Waals surface area (Å²) in [5, 5.41) is 4.40. The third-order valence-corrected chi connectivity index (χ3v) is 5.39. The number of carbonyl (C=O) groups excluding carboxylic acids is 2. The number of hydrogen-bond acceptors (Lipinski definition) is 3. The van der Waals surface area contributed by atoms with Crippen LogP contribution < -0.4 is 10.1 Å². The average Bonchev–Trinajstić information content (AvgIpc) is 3.15. The Labute approximate surface area is 181 Å². The topological polar surface area (TPSA) is 63.6 Å². The van der Waals surface area contributed by atoms with E-state index in [2.05, 4.69) is 5.32 Å². The predicted molar refractivity (Wildman–Crippen MR) is 120 cm³/mol. The molecule has 158 valence electrons. The van der Waals surface area contributed by atoms with Crippen molar-refractivity contribution in [2.24, 2.45) is 0 Å². The summed E-state index contributed by atoms with van der Waals surface area (Å²) in [5.74, 6) is 0.179. The second kappa shape index (κ2) is 9.67. The molecule has 7 heteroatoms. The van der Waals surface area contributed by atoms with Crippen LogP contribution in [0.1, 0.15) is 32.8 Å². The summed E-state index contributed by atoms with van der Waals surface area (Å²) in [5.41, 5.74) is 2.40. The van der Waals surface area contributed by atoms with E-state index in [1.807, 2.05) is 61.0 Å². The van der Waals surface area contributed by atoms with E-state index in [1.54, 1.807) is 17.9 Å². The second-order valence-electron chi connectivity index (χ2n) is 6.85. The van der Waals surface area contributed by atoms with Crippen LogP contribution in [0.3, 0.4) is 0 Å². The largest absolute Gasteiger partial charge is 0.415 e. The van der Waals surface area contributed by atoms with Gasteiger partial charge in [-0.2, -0.15) is 0 Å². The summed E-state index contributed by atoms with van der Waals surface area (Å²) >= 11 is 6.32. The first-order valence-corrected chi connectivity index (χ1v) is 10.5. The number of rotatable bonds is 7. The van der Waals surface area contributed by atoms with Crippen molar-refractivity contribution in [3.05, 3.63) is 59.2 Å². The maximum absolute atomic E-state index is 12.5. The smallest absolute Gasteiger partial charge is 0.408 e. The van der Waals surface area contributed by atoms with Crippen LogP contribution in [0.25, 0.3) is 10.9 Å². The van der Waals surface area contributed by atoms with Crippen LogP contribution >= 0.6 is 11.6 Å². The summed E-state index contributed by atoms with van der Waals surface area (Å²) in [7, 11) is 0. The molecule has 1 N–H and O–H groups in total. The van der Waals surface area contributed by atoms with Crippen molar-refractivity contribution in [2.45, 2.75) is 33.7 Å². The number of fused-ring (bicyclic) bond motifs is 1. The summed E-state index contributed by atoms with van der Waals surface area (Å²) in [6, 6.07) is 13.2. The predicted octanol–water partition coefficient (Wildman–Crippen LogP) is 5.53. The number of nitrogens with zero attached hydrogens (tertiary/aromatic N) is 2. The zero-order chi connectivity index (χ0) is 21.7. The SMILES string of the molecule is CCC(=O)Nc1c(OC(=O)N(CC)CC)ccc2c1ccn2Cc1ccccc1Cl. The Morgan fingerprint density at radius 1 is 1.07 bits per heavy atom. The molecule has 6 nitrogen and oxygen atoms in total. The zero-order valence-corrected chi connectivity index (χ0v) is 18.2. The van der Waals surface area contributed by atoms with Crippen molar-refractivity contribution < 1.29 is 14.3 Å². The van der Waals surface area contributed by atoms with Crippen molar-refractivity contribution in [3.8, 4) is 5.75 Å². The van der Waals surface area contributed by atoms with Crippen LogP contribution in [0.2, 0.25) is 5.02 Å². The monoisotopic (exact) mass is 427 g/mol. The molecule has 0 aliphatic rings.